The second-order valence-electron chi connectivity index (χ2n) is 24.7. The fourth-order valence-corrected chi connectivity index (χ4v) is 14.2. The van der Waals surface area contributed by atoms with Crippen LogP contribution in [0.1, 0.15) is 95.9 Å². The Hall–Kier alpha value is -10.8. The van der Waals surface area contributed by atoms with Crippen molar-refractivity contribution in [2.24, 2.45) is 0 Å². The first-order valence-electron chi connectivity index (χ1n) is 35.0. The molecule has 7 heterocycles. The van der Waals surface area contributed by atoms with Crippen LogP contribution in [0.4, 0.5) is 43.9 Å². The molecule has 0 amide bonds. The van der Waals surface area contributed by atoms with Crippen LogP contribution < -0.4 is 15.2 Å². The van der Waals surface area contributed by atoms with Crippen molar-refractivity contribution in [3.05, 3.63) is 309 Å². The van der Waals surface area contributed by atoms with Gasteiger partial charge in [0.05, 0.1) is 84.3 Å². The molecule has 0 aliphatic heterocycles. The minimum absolute atomic E-state index is 0.155. The number of hydrogen-bond donors (Lipinski definition) is 2. The molecule has 0 aliphatic rings. The van der Waals surface area contributed by atoms with E-state index in [9.17, 15) is 53.8 Å². The Morgan fingerprint density at radius 3 is 1.16 bits per heavy atom. The van der Waals surface area contributed by atoms with Crippen LogP contribution in [-0.4, -0.2) is 65.0 Å². The molecule has 2 N–H and O–H groups in total. The summed E-state index contributed by atoms with van der Waals surface area (Å²) in [5, 5.41) is 33.0. The van der Waals surface area contributed by atoms with Crippen molar-refractivity contribution >= 4 is 68.8 Å². The van der Waals surface area contributed by atoms with E-state index in [0.29, 0.717) is 142 Å². The van der Waals surface area contributed by atoms with E-state index in [1.807, 2.05) is 103 Å². The number of pyridine rings is 3. The van der Waals surface area contributed by atoms with Crippen LogP contribution in [0.25, 0.3) is 43.1 Å². The number of nitrogens with one attached hydrogen (secondary N) is 1. The second kappa shape index (κ2) is 42.7. The lowest BCUT2D eigenvalue weighted by Gasteiger charge is -2.08. The Morgan fingerprint density at radius 2 is 0.828 bits per heavy atom. The van der Waals surface area contributed by atoms with E-state index in [-0.39, 0.29) is 35.7 Å². The standard InChI is InChI=1S/C28H22ClF3N4O4S.C27H21ClF3N3O2S.C20H19F3N2O2S.C7H3ClFN/c29-21-13-19(9-10-20(21)25-35-27(37)40-36-25)39-16-23-22(7-4-12-38-15-17-5-2-1-3-6-17)34-26(41-23)18-8-11-24(33-14-18)28(30,31)32;28-22-13-21(10-8-19(22)14-32)36-17-24-23(7-4-12-35-16-18-5-2-1-3-6-18)34-26(37-24)20-9-11-25(33-15-20)27(29,30)31;21-20(22,23)18-9-8-15(11-24-18)19-25-16(17(12-26)28-19)7-4-10-27-13-14-5-2-1-3-6-14;8-7-3-6(9)2-1-5(7)4-10/h1-3,5-6,8-11,13-14H,4,7,12,15-16H2,(H,35,36,37);1-3,5-6,8-11,13,15H,4,7,12,16-17H2;1-3,5-6,8-9,11,26H,4,7,10,12-13H2;1-3H. The van der Waals surface area contributed by atoms with Gasteiger partial charge in [-0.3, -0.25) is 24.5 Å². The van der Waals surface area contributed by atoms with Crippen LogP contribution in [0, 0.1) is 28.5 Å². The van der Waals surface area contributed by atoms with Gasteiger partial charge in [-0.2, -0.15) is 50.0 Å². The summed E-state index contributed by atoms with van der Waals surface area (Å²) in [6.07, 6.45) is -6.06. The largest absolute Gasteiger partial charge is 0.488 e. The van der Waals surface area contributed by atoms with Gasteiger partial charge in [-0.25, -0.2) is 24.1 Å². The first kappa shape index (κ1) is 87.6. The Bertz CT molecular complexity index is 5440. The number of H-pyrrole nitrogens is 1. The zero-order chi connectivity index (χ0) is 82.6. The Balaban J connectivity index is 0.000000175. The molecule has 0 spiro atoms. The number of aliphatic hydroxyl groups is 1. The first-order chi connectivity index (χ1) is 55.8. The number of halogens is 13. The van der Waals surface area contributed by atoms with Gasteiger partial charge in [0.1, 0.15) is 74.8 Å². The van der Waals surface area contributed by atoms with Gasteiger partial charge < -0.3 is 28.8 Å². The van der Waals surface area contributed by atoms with Gasteiger partial charge in [0.15, 0.2) is 5.82 Å². The maximum atomic E-state index is 13.0. The molecule has 13 aromatic rings. The molecule has 0 bridgehead atoms. The summed E-state index contributed by atoms with van der Waals surface area (Å²) in [4.78, 5) is 40.5. The van der Waals surface area contributed by atoms with Gasteiger partial charge >= 0.3 is 24.3 Å². The average molecular weight is 1710 g/mol. The molecule has 0 radical (unpaired) electrons. The topological polar surface area (TPSA) is 250 Å². The molecule has 0 saturated heterocycles. The van der Waals surface area contributed by atoms with Gasteiger partial charge in [0.25, 0.3) is 0 Å². The van der Waals surface area contributed by atoms with Crippen molar-refractivity contribution in [2.45, 2.75) is 96.7 Å². The molecule has 0 atom stereocenters. The van der Waals surface area contributed by atoms with E-state index in [1.54, 1.807) is 36.4 Å². The lowest BCUT2D eigenvalue weighted by atomic mass is 10.2. The van der Waals surface area contributed by atoms with Gasteiger partial charge in [0.2, 0.25) is 0 Å². The summed E-state index contributed by atoms with van der Waals surface area (Å²) in [6, 6.07) is 53.6. The maximum absolute atomic E-state index is 13.0. The highest BCUT2D eigenvalue weighted by Crippen LogP contribution is 2.38. The minimum Gasteiger partial charge on any atom is -0.488 e. The van der Waals surface area contributed by atoms with Crippen LogP contribution in [-0.2, 0) is 91.6 Å². The van der Waals surface area contributed by atoms with Crippen molar-refractivity contribution in [1.82, 2.24) is 40.0 Å². The summed E-state index contributed by atoms with van der Waals surface area (Å²) in [6.45, 7) is 3.30. The third kappa shape index (κ3) is 26.6. The summed E-state index contributed by atoms with van der Waals surface area (Å²) in [5.41, 5.74) is 5.27. The molecule has 7 aromatic heterocycles. The van der Waals surface area contributed by atoms with E-state index >= 15 is 0 Å². The highest BCUT2D eigenvalue weighted by molar-refractivity contribution is 7.15. The maximum Gasteiger partial charge on any atom is 0.439 e. The minimum atomic E-state index is -4.52. The van der Waals surface area contributed by atoms with Crippen LogP contribution in [0.15, 0.2) is 210 Å². The fraction of sp³-hybridized carbons (Fsp3) is 0.220. The molecule has 116 heavy (non-hydrogen) atoms. The Morgan fingerprint density at radius 1 is 0.457 bits per heavy atom. The number of aromatic amines is 1. The van der Waals surface area contributed by atoms with E-state index in [0.717, 1.165) is 80.4 Å². The summed E-state index contributed by atoms with van der Waals surface area (Å²) in [5.74, 6) is 0.0309. The van der Waals surface area contributed by atoms with Gasteiger partial charge in [0, 0.05) is 66.7 Å². The zero-order valence-electron chi connectivity index (χ0n) is 60.6. The summed E-state index contributed by atoms with van der Waals surface area (Å²) < 4.78 is 161. The Labute approximate surface area is 684 Å². The fourth-order valence-electron chi connectivity index (χ4n) is 10.5. The molecule has 0 aliphatic carbocycles. The SMILES string of the molecule is N#Cc1ccc(F)cc1Cl.N#Cc1ccc(OCc2sc(-c3ccc(C(F)(F)F)nc3)nc2CCCOCc2ccccc2)cc1Cl.O=c1[nH]c(-c2ccc(OCc3sc(-c4ccc(C(F)(F)F)nc4)nc3CCCOCc3ccccc3)cc2Cl)no1.OCc1sc(-c2ccc(C(F)(F)F)nc2)nc1CCCOCc1ccccc1. The van der Waals surface area contributed by atoms with Crippen molar-refractivity contribution in [1.29, 1.82) is 10.5 Å². The number of hydrogen-bond acceptors (Lipinski definition) is 20. The normalized spacial score (nSPS) is 11.3. The van der Waals surface area contributed by atoms with Gasteiger partial charge in [-0.05, 0) is 140 Å². The lowest BCUT2D eigenvalue weighted by Crippen LogP contribution is -2.07. The lowest BCUT2D eigenvalue weighted by molar-refractivity contribution is -0.141. The van der Waals surface area contributed by atoms with Gasteiger partial charge in [-0.1, -0.05) is 131 Å². The number of aromatic nitrogens is 8. The number of aryl methyl sites for hydroxylation is 3. The monoisotopic (exact) mass is 1710 g/mol. The molecule has 18 nitrogen and oxygen atoms in total. The predicted molar refractivity (Wildman–Crippen MR) is 419 cm³/mol. The van der Waals surface area contributed by atoms with Crippen LogP contribution in [0.2, 0.25) is 15.1 Å². The van der Waals surface area contributed by atoms with Crippen molar-refractivity contribution in [2.75, 3.05) is 19.8 Å². The third-order valence-electron chi connectivity index (χ3n) is 16.3. The van der Waals surface area contributed by atoms with E-state index in [4.69, 9.17) is 74.0 Å². The number of thiazole rings is 3. The summed E-state index contributed by atoms with van der Waals surface area (Å²) in [7, 11) is 0. The van der Waals surface area contributed by atoms with Gasteiger partial charge in [-0.15, -0.1) is 34.0 Å². The molecule has 34 heteroatoms. The molecule has 6 aromatic carbocycles. The van der Waals surface area contributed by atoms with E-state index in [1.165, 1.54) is 76.7 Å². The number of nitrogens with zero attached hydrogens (tertiary/aromatic N) is 9. The van der Waals surface area contributed by atoms with Crippen LogP contribution in [0.3, 0.4) is 0 Å². The molecule has 600 valence electrons. The number of rotatable bonds is 29. The Kier molecular flexibility index (Phi) is 32.2. The number of ether oxygens (including phenoxy) is 5. The van der Waals surface area contributed by atoms with Crippen molar-refractivity contribution in [3.8, 4) is 66.7 Å². The average Bonchev–Trinajstić information content (AvgIpc) is 1.68. The first-order valence-corrected chi connectivity index (χ1v) is 38.6. The highest BCUT2D eigenvalue weighted by Gasteiger charge is 2.34. The molecule has 0 unspecified atom stereocenters. The number of nitriles is 2. The van der Waals surface area contributed by atoms with Crippen molar-refractivity contribution < 1.29 is 77.2 Å². The third-order valence-corrected chi connectivity index (χ3v) is 20.6. The predicted octanol–water partition coefficient (Wildman–Crippen LogP) is 21.6. The summed E-state index contributed by atoms with van der Waals surface area (Å²) >= 11 is 21.8. The molecule has 0 fully saturated rings. The number of alkyl halides is 9. The molecular weight excluding hydrogens is 1650 g/mol. The second-order valence-corrected chi connectivity index (χ2v) is 29.2. The number of aliphatic hydroxyl groups excluding tert-OH is 1. The zero-order valence-corrected chi connectivity index (χ0v) is 65.3. The van der Waals surface area contributed by atoms with Crippen molar-refractivity contribution in [3.63, 3.8) is 0 Å². The highest BCUT2D eigenvalue weighted by atomic mass is 35.5. The van der Waals surface area contributed by atoms with Crippen LogP contribution >= 0.6 is 68.8 Å². The van der Waals surface area contributed by atoms with Crippen LogP contribution in [0.5, 0.6) is 11.5 Å². The number of benzene rings is 6. The molecule has 0 saturated carbocycles. The van der Waals surface area contributed by atoms with E-state index < -0.39 is 47.2 Å². The molecular formula is C82H65Cl3F10N10O8S3. The molecule has 13 rings (SSSR count). The van der Waals surface area contributed by atoms with E-state index in [2.05, 4.69) is 39.6 Å². The quantitative estimate of drug-likeness (QED) is 0.0326. The smallest absolute Gasteiger partial charge is 0.439 e.